The third-order valence-electron chi connectivity index (χ3n) is 3.50. The number of benzene rings is 3. The highest BCUT2D eigenvalue weighted by molar-refractivity contribution is 5.98. The van der Waals surface area contributed by atoms with E-state index in [0.29, 0.717) is 0 Å². The zero-order valence-corrected chi connectivity index (χ0v) is 11.4. The van der Waals surface area contributed by atoms with Crippen molar-refractivity contribution in [1.82, 2.24) is 0 Å². The Morgan fingerprint density at radius 2 is 0.917 bits per heavy atom. The fraction of sp³-hybridized carbons (Fsp3) is 0. The largest absolute Gasteiger partial charge is 0.508 e. The molecule has 0 amide bonds. The number of fused-ring (bicyclic) bond motifs is 1. The summed E-state index contributed by atoms with van der Waals surface area (Å²) in [4.78, 5) is 0. The van der Waals surface area contributed by atoms with Crippen LogP contribution in [0.2, 0.25) is 0 Å². The maximum atomic E-state index is 14.1. The van der Waals surface area contributed by atoms with Crippen LogP contribution < -0.4 is 0 Å². The summed E-state index contributed by atoms with van der Waals surface area (Å²) in [5, 5.41) is 6.36. The van der Waals surface area contributed by atoms with Gasteiger partial charge in [0.05, 0.1) is 5.39 Å². The standard InChI is InChI=1S/C16H5F7O/c17-10-7(5-1-3-6(24)4-2-5)8-9(12(19)14(10)21)13(20)16(23)15(22)11(8)18/h1-4,24H. The number of rotatable bonds is 1. The van der Waals surface area contributed by atoms with E-state index < -0.39 is 57.1 Å². The van der Waals surface area contributed by atoms with Gasteiger partial charge in [-0.05, 0) is 17.7 Å². The zero-order chi connectivity index (χ0) is 17.8. The molecule has 0 radical (unpaired) electrons. The van der Waals surface area contributed by atoms with Gasteiger partial charge >= 0.3 is 0 Å². The first-order chi connectivity index (χ1) is 11.3. The number of halogens is 7. The summed E-state index contributed by atoms with van der Waals surface area (Å²) in [7, 11) is 0. The molecule has 0 saturated heterocycles. The summed E-state index contributed by atoms with van der Waals surface area (Å²) < 4.78 is 96.4. The van der Waals surface area contributed by atoms with Crippen molar-refractivity contribution in [1.29, 1.82) is 0 Å². The van der Waals surface area contributed by atoms with Crippen LogP contribution in [-0.2, 0) is 0 Å². The highest BCUT2D eigenvalue weighted by atomic mass is 19.2. The van der Waals surface area contributed by atoms with Gasteiger partial charge in [0.2, 0.25) is 0 Å². The molecule has 0 bridgehead atoms. The Kier molecular flexibility index (Phi) is 3.62. The number of hydrogen-bond donors (Lipinski definition) is 1. The van der Waals surface area contributed by atoms with E-state index in [4.69, 9.17) is 0 Å². The normalized spacial score (nSPS) is 11.3. The van der Waals surface area contributed by atoms with Crippen molar-refractivity contribution < 1.29 is 35.8 Å². The van der Waals surface area contributed by atoms with E-state index in [9.17, 15) is 35.8 Å². The molecular weight excluding hydrogens is 341 g/mol. The Balaban J connectivity index is 2.61. The molecule has 24 heavy (non-hydrogen) atoms. The van der Waals surface area contributed by atoms with Gasteiger partial charge in [-0.2, -0.15) is 0 Å². The van der Waals surface area contributed by atoms with Crippen LogP contribution >= 0.6 is 0 Å². The van der Waals surface area contributed by atoms with Gasteiger partial charge in [-0.3, -0.25) is 0 Å². The first kappa shape index (κ1) is 16.1. The topological polar surface area (TPSA) is 20.2 Å². The second-order valence-corrected chi connectivity index (χ2v) is 4.87. The molecule has 0 aromatic heterocycles. The number of phenols is 1. The first-order valence-corrected chi connectivity index (χ1v) is 6.37. The van der Waals surface area contributed by atoms with Crippen molar-refractivity contribution in [3.05, 3.63) is 65.0 Å². The lowest BCUT2D eigenvalue weighted by atomic mass is 9.95. The van der Waals surface area contributed by atoms with Crippen molar-refractivity contribution in [3.63, 3.8) is 0 Å². The Morgan fingerprint density at radius 1 is 0.500 bits per heavy atom. The fourth-order valence-corrected chi connectivity index (χ4v) is 2.40. The summed E-state index contributed by atoms with van der Waals surface area (Å²) in [5.74, 6) is -15.4. The van der Waals surface area contributed by atoms with Crippen LogP contribution in [0.4, 0.5) is 30.7 Å². The minimum absolute atomic E-state index is 0.282. The van der Waals surface area contributed by atoms with Crippen LogP contribution in [0.25, 0.3) is 21.9 Å². The van der Waals surface area contributed by atoms with Gasteiger partial charge in [-0.25, -0.2) is 30.7 Å². The Labute approximate surface area is 129 Å². The maximum Gasteiger partial charge on any atom is 0.198 e. The Morgan fingerprint density at radius 3 is 1.42 bits per heavy atom. The average molecular weight is 346 g/mol. The molecule has 8 heteroatoms. The van der Waals surface area contributed by atoms with Crippen molar-refractivity contribution >= 4 is 10.8 Å². The first-order valence-electron chi connectivity index (χ1n) is 6.37. The number of aromatic hydroxyl groups is 1. The molecule has 0 fully saturated rings. The molecule has 0 aliphatic rings. The monoisotopic (exact) mass is 346 g/mol. The lowest BCUT2D eigenvalue weighted by Gasteiger charge is -2.13. The van der Waals surface area contributed by atoms with Crippen LogP contribution in [0, 0.1) is 40.7 Å². The summed E-state index contributed by atoms with van der Waals surface area (Å²) >= 11 is 0. The maximum absolute atomic E-state index is 14.1. The van der Waals surface area contributed by atoms with Crippen LogP contribution in [0.5, 0.6) is 5.75 Å². The number of hydrogen-bond acceptors (Lipinski definition) is 1. The Bertz CT molecular complexity index is 973. The lowest BCUT2D eigenvalue weighted by molar-refractivity contribution is 0.411. The van der Waals surface area contributed by atoms with Crippen LogP contribution in [0.1, 0.15) is 0 Å². The second kappa shape index (κ2) is 5.40. The van der Waals surface area contributed by atoms with Crippen molar-refractivity contribution in [2.75, 3.05) is 0 Å². The van der Waals surface area contributed by atoms with E-state index in [1.165, 1.54) is 0 Å². The molecule has 0 spiro atoms. The molecule has 3 aromatic carbocycles. The molecule has 1 N–H and O–H groups in total. The van der Waals surface area contributed by atoms with Crippen molar-refractivity contribution in [3.8, 4) is 16.9 Å². The quantitative estimate of drug-likeness (QED) is 0.365. The van der Waals surface area contributed by atoms with Gasteiger partial charge in [0.25, 0.3) is 0 Å². The van der Waals surface area contributed by atoms with Gasteiger partial charge < -0.3 is 5.11 Å². The third kappa shape index (κ3) is 2.10. The lowest BCUT2D eigenvalue weighted by Crippen LogP contribution is -2.06. The average Bonchev–Trinajstić information content (AvgIpc) is 2.57. The third-order valence-corrected chi connectivity index (χ3v) is 3.50. The highest BCUT2D eigenvalue weighted by Gasteiger charge is 2.30. The molecular formula is C16H5F7O. The predicted molar refractivity (Wildman–Crippen MR) is 70.8 cm³/mol. The van der Waals surface area contributed by atoms with E-state index in [-0.39, 0.29) is 11.3 Å². The van der Waals surface area contributed by atoms with E-state index in [2.05, 4.69) is 0 Å². The molecule has 0 heterocycles. The SMILES string of the molecule is Oc1ccc(-c2c(F)c(F)c(F)c3c(F)c(F)c(F)c(F)c23)cc1. The molecule has 1 nitrogen and oxygen atoms in total. The number of phenolic OH excluding ortho intramolecular Hbond substituents is 1. The Hall–Kier alpha value is -2.77. The van der Waals surface area contributed by atoms with Gasteiger partial charge in [0.15, 0.2) is 40.7 Å². The van der Waals surface area contributed by atoms with Crippen LogP contribution in [0.3, 0.4) is 0 Å². The highest BCUT2D eigenvalue weighted by Crippen LogP contribution is 2.39. The summed E-state index contributed by atoms with van der Waals surface area (Å²) in [6, 6.07) is 4.00. The molecule has 0 atom stereocenters. The fourth-order valence-electron chi connectivity index (χ4n) is 2.40. The van der Waals surface area contributed by atoms with Gasteiger partial charge in [-0.1, -0.05) is 12.1 Å². The van der Waals surface area contributed by atoms with Gasteiger partial charge in [-0.15, -0.1) is 0 Å². The molecule has 0 unspecified atom stereocenters. The summed E-state index contributed by atoms with van der Waals surface area (Å²) in [5.41, 5.74) is -1.31. The minimum Gasteiger partial charge on any atom is -0.508 e. The minimum atomic E-state index is -2.35. The predicted octanol–water partition coefficient (Wildman–Crippen LogP) is 5.19. The zero-order valence-electron chi connectivity index (χ0n) is 11.4. The van der Waals surface area contributed by atoms with E-state index in [0.717, 1.165) is 24.3 Å². The van der Waals surface area contributed by atoms with Crippen molar-refractivity contribution in [2.45, 2.75) is 0 Å². The summed E-state index contributed by atoms with van der Waals surface area (Å²) in [6.07, 6.45) is 0. The van der Waals surface area contributed by atoms with E-state index >= 15 is 0 Å². The molecule has 0 saturated carbocycles. The molecule has 0 aliphatic heterocycles. The second-order valence-electron chi connectivity index (χ2n) is 4.87. The molecule has 3 aromatic rings. The smallest absolute Gasteiger partial charge is 0.198 e. The van der Waals surface area contributed by atoms with Gasteiger partial charge in [0.1, 0.15) is 5.75 Å². The van der Waals surface area contributed by atoms with Crippen LogP contribution in [-0.4, -0.2) is 5.11 Å². The molecule has 3 rings (SSSR count). The molecule has 124 valence electrons. The molecule has 0 aliphatic carbocycles. The van der Waals surface area contributed by atoms with E-state index in [1.54, 1.807) is 0 Å². The van der Waals surface area contributed by atoms with Crippen molar-refractivity contribution in [2.24, 2.45) is 0 Å². The van der Waals surface area contributed by atoms with Crippen LogP contribution in [0.15, 0.2) is 24.3 Å². The van der Waals surface area contributed by atoms with E-state index in [1.807, 2.05) is 0 Å². The summed E-state index contributed by atoms with van der Waals surface area (Å²) in [6.45, 7) is 0. The van der Waals surface area contributed by atoms with Gasteiger partial charge in [0, 0.05) is 10.9 Å².